The molecule has 4 nitrogen and oxygen atoms in total. The van der Waals surface area contributed by atoms with Gasteiger partial charge in [0.05, 0.1) is 11.5 Å². The van der Waals surface area contributed by atoms with Gasteiger partial charge in [-0.25, -0.2) is 8.42 Å². The number of hydrogen-bond acceptors (Lipinski definition) is 4. The summed E-state index contributed by atoms with van der Waals surface area (Å²) in [7, 11) is -2.78. The molecule has 2 atom stereocenters. The second kappa shape index (κ2) is 7.32. The van der Waals surface area contributed by atoms with Crippen molar-refractivity contribution in [2.24, 2.45) is 11.8 Å². The zero-order valence-corrected chi connectivity index (χ0v) is 14.4. The van der Waals surface area contributed by atoms with Gasteiger partial charge in [-0.3, -0.25) is 0 Å². The number of likely N-dealkylation sites (tertiary alicyclic amines) is 1. The van der Waals surface area contributed by atoms with E-state index >= 15 is 0 Å². The smallest absolute Gasteiger partial charge is 0.150 e. The van der Waals surface area contributed by atoms with Crippen LogP contribution in [0.25, 0.3) is 0 Å². The van der Waals surface area contributed by atoms with Crippen molar-refractivity contribution in [3.8, 4) is 0 Å². The molecule has 5 heteroatoms. The maximum Gasteiger partial charge on any atom is 0.150 e. The van der Waals surface area contributed by atoms with Gasteiger partial charge in [0, 0.05) is 25.6 Å². The van der Waals surface area contributed by atoms with E-state index in [0.29, 0.717) is 23.3 Å². The van der Waals surface area contributed by atoms with Crippen molar-refractivity contribution in [2.45, 2.75) is 25.2 Å². The third kappa shape index (κ3) is 4.34. The molecule has 23 heavy (non-hydrogen) atoms. The van der Waals surface area contributed by atoms with E-state index in [1.54, 1.807) is 0 Å². The zero-order chi connectivity index (χ0) is 16.3. The summed E-state index contributed by atoms with van der Waals surface area (Å²) < 4.78 is 23.1. The highest BCUT2D eigenvalue weighted by Gasteiger charge is 2.32. The largest absolute Gasteiger partial charge is 0.396 e. The summed E-state index contributed by atoms with van der Waals surface area (Å²) >= 11 is 0. The van der Waals surface area contributed by atoms with E-state index in [0.717, 1.165) is 38.9 Å². The van der Waals surface area contributed by atoms with Crippen molar-refractivity contribution in [1.82, 2.24) is 4.90 Å². The number of hydrogen-bond donors (Lipinski definition) is 1. The number of sulfone groups is 1. The molecular weight excluding hydrogens is 310 g/mol. The van der Waals surface area contributed by atoms with Crippen molar-refractivity contribution in [3.05, 3.63) is 35.9 Å². The Morgan fingerprint density at radius 2 is 1.78 bits per heavy atom. The molecule has 128 valence electrons. The van der Waals surface area contributed by atoms with Gasteiger partial charge in [0.25, 0.3) is 0 Å². The number of aliphatic hydroxyl groups excluding tert-OH is 1. The summed E-state index contributed by atoms with van der Waals surface area (Å²) in [5, 5.41) is 9.81. The highest BCUT2D eigenvalue weighted by atomic mass is 32.2. The van der Waals surface area contributed by atoms with Gasteiger partial charge in [-0.05, 0) is 43.2 Å². The Morgan fingerprint density at radius 1 is 1.09 bits per heavy atom. The summed E-state index contributed by atoms with van der Waals surface area (Å²) in [5.74, 6) is 1.90. The lowest BCUT2D eigenvalue weighted by molar-refractivity contribution is 0.0891. The fraction of sp³-hybridized carbons (Fsp3) is 0.667. The minimum atomic E-state index is -2.78. The second-order valence-electron chi connectivity index (χ2n) is 7.10. The number of piperidine rings is 1. The molecule has 2 fully saturated rings. The van der Waals surface area contributed by atoms with E-state index < -0.39 is 9.84 Å². The summed E-state index contributed by atoms with van der Waals surface area (Å²) in [6.45, 7) is 3.15. The first-order valence-electron chi connectivity index (χ1n) is 8.66. The SMILES string of the molecule is O=S1(=O)CCC(CN2CC[C@@H](c3ccccc3)[C@@H](CO)C2)CC1. The van der Waals surface area contributed by atoms with Crippen molar-refractivity contribution in [1.29, 1.82) is 0 Å². The van der Waals surface area contributed by atoms with Crippen molar-refractivity contribution < 1.29 is 13.5 Å². The van der Waals surface area contributed by atoms with E-state index in [2.05, 4.69) is 29.2 Å². The maximum absolute atomic E-state index is 11.5. The molecular formula is C18H27NO3S. The molecule has 0 amide bonds. The lowest BCUT2D eigenvalue weighted by atomic mass is 9.80. The molecule has 2 saturated heterocycles. The summed E-state index contributed by atoms with van der Waals surface area (Å²) in [4.78, 5) is 2.43. The van der Waals surface area contributed by atoms with Crippen molar-refractivity contribution in [2.75, 3.05) is 37.7 Å². The molecule has 0 unspecified atom stereocenters. The van der Waals surface area contributed by atoms with Crippen LogP contribution in [0.1, 0.15) is 30.7 Å². The fourth-order valence-corrected chi connectivity index (χ4v) is 5.67. The number of rotatable bonds is 4. The van der Waals surface area contributed by atoms with E-state index in [9.17, 15) is 13.5 Å². The van der Waals surface area contributed by atoms with Crippen LogP contribution in [0.2, 0.25) is 0 Å². The van der Waals surface area contributed by atoms with Gasteiger partial charge in [-0.2, -0.15) is 0 Å². The zero-order valence-electron chi connectivity index (χ0n) is 13.6. The van der Waals surface area contributed by atoms with E-state index in [-0.39, 0.29) is 12.5 Å². The number of aliphatic hydroxyl groups is 1. The van der Waals surface area contributed by atoms with E-state index in [1.807, 2.05) is 6.07 Å². The Kier molecular flexibility index (Phi) is 5.39. The molecule has 0 radical (unpaired) electrons. The molecule has 1 aromatic carbocycles. The number of nitrogens with zero attached hydrogens (tertiary/aromatic N) is 1. The standard InChI is InChI=1S/C18H27NO3S/c20-14-17-13-19(12-15-7-10-23(21,22)11-8-15)9-6-18(17)16-4-2-1-3-5-16/h1-5,15,17-18,20H,6-14H2/t17-,18+/m1/s1. The van der Waals surface area contributed by atoms with Gasteiger partial charge in [0.1, 0.15) is 9.84 Å². The average Bonchev–Trinajstić information content (AvgIpc) is 2.57. The van der Waals surface area contributed by atoms with Crippen LogP contribution in [-0.2, 0) is 9.84 Å². The molecule has 2 heterocycles. The van der Waals surface area contributed by atoms with Crippen LogP contribution in [0.3, 0.4) is 0 Å². The lowest BCUT2D eigenvalue weighted by Gasteiger charge is -2.40. The van der Waals surface area contributed by atoms with E-state index in [4.69, 9.17) is 0 Å². The molecule has 0 aliphatic carbocycles. The molecule has 2 aliphatic rings. The molecule has 0 spiro atoms. The fourth-order valence-electron chi connectivity index (χ4n) is 4.08. The average molecular weight is 337 g/mol. The number of benzene rings is 1. The van der Waals surface area contributed by atoms with Gasteiger partial charge >= 0.3 is 0 Å². The van der Waals surface area contributed by atoms with Gasteiger partial charge in [-0.15, -0.1) is 0 Å². The topological polar surface area (TPSA) is 57.6 Å². The molecule has 3 rings (SSSR count). The lowest BCUT2D eigenvalue weighted by Crippen LogP contribution is -2.44. The molecule has 0 aromatic heterocycles. The molecule has 0 saturated carbocycles. The highest BCUT2D eigenvalue weighted by Crippen LogP contribution is 2.33. The maximum atomic E-state index is 11.5. The Morgan fingerprint density at radius 3 is 2.43 bits per heavy atom. The van der Waals surface area contributed by atoms with Crippen molar-refractivity contribution in [3.63, 3.8) is 0 Å². The van der Waals surface area contributed by atoms with Crippen LogP contribution in [0.15, 0.2) is 30.3 Å². The minimum absolute atomic E-state index is 0.217. The molecule has 1 aromatic rings. The Balaban J connectivity index is 1.57. The van der Waals surface area contributed by atoms with Gasteiger partial charge in [0.2, 0.25) is 0 Å². The Bertz CT molecular complexity index is 588. The first kappa shape index (κ1) is 16.9. The Hall–Kier alpha value is -0.910. The summed E-state index contributed by atoms with van der Waals surface area (Å²) in [6, 6.07) is 10.5. The van der Waals surface area contributed by atoms with Gasteiger partial charge < -0.3 is 10.0 Å². The van der Waals surface area contributed by atoms with Crippen LogP contribution in [0.5, 0.6) is 0 Å². The van der Waals surface area contributed by atoms with Crippen LogP contribution in [-0.4, -0.2) is 56.2 Å². The summed E-state index contributed by atoms with van der Waals surface area (Å²) in [5.41, 5.74) is 1.33. The highest BCUT2D eigenvalue weighted by molar-refractivity contribution is 7.91. The quantitative estimate of drug-likeness (QED) is 0.912. The van der Waals surface area contributed by atoms with Crippen LogP contribution < -0.4 is 0 Å². The van der Waals surface area contributed by atoms with Crippen LogP contribution in [0.4, 0.5) is 0 Å². The molecule has 1 N–H and O–H groups in total. The predicted octanol–water partition coefficient (Wildman–Crippen LogP) is 1.91. The molecule has 2 aliphatic heterocycles. The van der Waals surface area contributed by atoms with Gasteiger partial charge in [-0.1, -0.05) is 30.3 Å². The second-order valence-corrected chi connectivity index (χ2v) is 9.41. The third-order valence-electron chi connectivity index (χ3n) is 5.47. The van der Waals surface area contributed by atoms with Gasteiger partial charge in [0.15, 0.2) is 0 Å². The molecule has 0 bridgehead atoms. The monoisotopic (exact) mass is 337 g/mol. The third-order valence-corrected chi connectivity index (χ3v) is 7.19. The van der Waals surface area contributed by atoms with Crippen LogP contribution in [0, 0.1) is 11.8 Å². The minimum Gasteiger partial charge on any atom is -0.396 e. The first-order chi connectivity index (χ1) is 11.1. The normalized spacial score (nSPS) is 29.4. The summed E-state index contributed by atoms with van der Waals surface area (Å²) in [6.07, 6.45) is 2.66. The van der Waals surface area contributed by atoms with E-state index in [1.165, 1.54) is 5.56 Å². The van der Waals surface area contributed by atoms with Crippen LogP contribution >= 0.6 is 0 Å². The predicted molar refractivity (Wildman–Crippen MR) is 92.2 cm³/mol. The first-order valence-corrected chi connectivity index (χ1v) is 10.5. The Labute approximate surface area is 139 Å². The van der Waals surface area contributed by atoms with Crippen molar-refractivity contribution >= 4 is 9.84 Å².